The van der Waals surface area contributed by atoms with Gasteiger partial charge < -0.3 is 14.2 Å². The SMILES string of the molecule is CC1(C)C(/C=C/C=C/C=C/C=c2/c3cccc4c(S(=O)(=O)O)ccc(c43)n2CCCC(=O)O)=[N+](CCCS(=O)(=O)[O-])c2ccc3ccc(S(=O)(=O)O)cc3c21. The molecule has 0 saturated carbocycles. The Hall–Kier alpha value is -4.97. The first-order valence-corrected chi connectivity index (χ1v) is 21.6. The molecule has 55 heavy (non-hydrogen) atoms. The van der Waals surface area contributed by atoms with Crippen molar-refractivity contribution in [1.29, 1.82) is 0 Å². The summed E-state index contributed by atoms with van der Waals surface area (Å²) in [6.07, 6.45) is 12.9. The second-order valence-corrected chi connectivity index (χ2v) is 18.0. The molecule has 1 aliphatic heterocycles. The maximum Gasteiger partial charge on any atom is 0.303 e. The van der Waals surface area contributed by atoms with Gasteiger partial charge in [-0.3, -0.25) is 13.9 Å². The van der Waals surface area contributed by atoms with Crippen LogP contribution in [-0.2, 0) is 47.1 Å². The third-order valence-corrected chi connectivity index (χ3v) is 12.3. The number of fused-ring (bicyclic) bond motifs is 3. The molecule has 0 saturated heterocycles. The molecule has 0 spiro atoms. The summed E-state index contributed by atoms with van der Waals surface area (Å²) < 4.78 is 106. The van der Waals surface area contributed by atoms with Crippen molar-refractivity contribution in [1.82, 2.24) is 4.57 Å². The molecule has 0 aliphatic carbocycles. The summed E-state index contributed by atoms with van der Waals surface area (Å²) in [6, 6.07) is 16.1. The van der Waals surface area contributed by atoms with Gasteiger partial charge in [0.15, 0.2) is 5.71 Å². The molecule has 2 heterocycles. The molecule has 0 bridgehead atoms. The Labute approximate surface area is 318 Å². The molecule has 1 aliphatic rings. The lowest BCUT2D eigenvalue weighted by molar-refractivity contribution is -0.437. The summed E-state index contributed by atoms with van der Waals surface area (Å²) in [5.41, 5.74) is 2.24. The quantitative estimate of drug-likeness (QED) is 0.0726. The first kappa shape index (κ1) is 39.7. The van der Waals surface area contributed by atoms with Gasteiger partial charge >= 0.3 is 5.97 Å². The van der Waals surface area contributed by atoms with E-state index in [1.165, 1.54) is 18.2 Å². The number of aryl methyl sites for hydroxylation is 1. The number of aromatic nitrogens is 1. The molecule has 5 aromatic rings. The van der Waals surface area contributed by atoms with Gasteiger partial charge in [0.2, 0.25) is 5.69 Å². The lowest BCUT2D eigenvalue weighted by atomic mass is 9.79. The van der Waals surface area contributed by atoms with Crippen LogP contribution in [0, 0.1) is 0 Å². The third-order valence-electron chi connectivity index (χ3n) is 9.73. The highest BCUT2D eigenvalue weighted by Gasteiger charge is 2.45. The van der Waals surface area contributed by atoms with Crippen molar-refractivity contribution in [2.45, 2.75) is 54.9 Å². The number of carboxylic acid groups (broad SMARTS) is 1. The lowest BCUT2D eigenvalue weighted by Crippen LogP contribution is -2.28. The predicted molar refractivity (Wildman–Crippen MR) is 209 cm³/mol. The number of benzene rings is 4. The summed E-state index contributed by atoms with van der Waals surface area (Å²) >= 11 is 0. The minimum Gasteiger partial charge on any atom is -0.748 e. The molecule has 3 N–H and O–H groups in total. The second-order valence-electron chi connectivity index (χ2n) is 13.7. The van der Waals surface area contributed by atoms with E-state index >= 15 is 0 Å². The number of carboxylic acids is 1. The van der Waals surface area contributed by atoms with Gasteiger partial charge in [-0.15, -0.1) is 0 Å². The normalized spacial score (nSPS) is 15.6. The van der Waals surface area contributed by atoms with Crippen LogP contribution in [-0.4, -0.2) is 77.1 Å². The van der Waals surface area contributed by atoms with E-state index in [-0.39, 0.29) is 29.2 Å². The standard InChI is InChI=1S/C39H38N2O11S3/c1-39(2)35(41(23-10-24-53(44,45)46)33-19-17-26-16-18-27(54(47,48)49)25-30(26)38(33)39)14-7-5-3-4-6-13-31-28-11-8-12-29-34(55(50,51)52)21-20-32(37(28)29)40(31)22-9-15-36(42)43/h3-8,11-14,16-21,25H,9-10,15,22-24H2,1-2H3,(H3-,42,43,44,45,46,47,48,49,50,51,52). The van der Waals surface area contributed by atoms with Crippen molar-refractivity contribution in [2.24, 2.45) is 0 Å². The Bertz CT molecular complexity index is 2900. The number of aliphatic carboxylic acids is 1. The zero-order chi connectivity index (χ0) is 39.9. The molecular formula is C39H38N2O11S3. The van der Waals surface area contributed by atoms with Gasteiger partial charge in [0, 0.05) is 69.9 Å². The Kier molecular flexibility index (Phi) is 10.8. The van der Waals surface area contributed by atoms with Crippen molar-refractivity contribution in [3.8, 4) is 0 Å². The van der Waals surface area contributed by atoms with Crippen LogP contribution in [0.3, 0.4) is 0 Å². The van der Waals surface area contributed by atoms with Crippen LogP contribution >= 0.6 is 0 Å². The molecule has 0 amide bonds. The fraction of sp³-hybridized carbons (Fsp3) is 0.231. The summed E-state index contributed by atoms with van der Waals surface area (Å²) in [4.78, 5) is 10.8. The average Bonchev–Trinajstić information content (AvgIpc) is 3.50. The fourth-order valence-corrected chi connectivity index (χ4v) is 9.14. The monoisotopic (exact) mass is 806 g/mol. The topological polar surface area (TPSA) is 211 Å². The molecule has 6 rings (SSSR count). The van der Waals surface area contributed by atoms with Crippen LogP contribution in [0.2, 0.25) is 0 Å². The Morgan fingerprint density at radius 3 is 2.22 bits per heavy atom. The number of hydrogen-bond donors (Lipinski definition) is 3. The minimum atomic E-state index is -4.51. The van der Waals surface area contributed by atoms with E-state index in [1.54, 1.807) is 54.6 Å². The third kappa shape index (κ3) is 8.20. The number of carbonyl (C=O) groups is 1. The van der Waals surface area contributed by atoms with Crippen LogP contribution in [0.5, 0.6) is 0 Å². The Morgan fingerprint density at radius 1 is 0.836 bits per heavy atom. The molecule has 0 fully saturated rings. The average molecular weight is 807 g/mol. The van der Waals surface area contributed by atoms with E-state index in [2.05, 4.69) is 0 Å². The van der Waals surface area contributed by atoms with Gasteiger partial charge in [0.05, 0.1) is 20.4 Å². The first-order valence-electron chi connectivity index (χ1n) is 17.2. The van der Waals surface area contributed by atoms with E-state index in [4.69, 9.17) is 0 Å². The van der Waals surface area contributed by atoms with Gasteiger partial charge in [-0.25, -0.2) is 8.42 Å². The summed E-state index contributed by atoms with van der Waals surface area (Å²) in [5.74, 6) is -1.50. The zero-order valence-electron chi connectivity index (χ0n) is 29.8. The van der Waals surface area contributed by atoms with Gasteiger partial charge in [0.1, 0.15) is 11.4 Å². The van der Waals surface area contributed by atoms with Crippen LogP contribution in [0.4, 0.5) is 5.69 Å². The lowest BCUT2D eigenvalue weighted by Gasteiger charge is -2.18. The Morgan fingerprint density at radius 2 is 1.53 bits per heavy atom. The van der Waals surface area contributed by atoms with Gasteiger partial charge in [-0.1, -0.05) is 54.6 Å². The molecule has 4 aromatic carbocycles. The molecule has 13 nitrogen and oxygen atoms in total. The van der Waals surface area contributed by atoms with Gasteiger partial charge in [-0.05, 0) is 67.4 Å². The van der Waals surface area contributed by atoms with Crippen molar-refractivity contribution >= 4 is 86.2 Å². The van der Waals surface area contributed by atoms with E-state index in [0.29, 0.717) is 40.3 Å². The van der Waals surface area contributed by atoms with Crippen LogP contribution in [0.15, 0.2) is 107 Å². The van der Waals surface area contributed by atoms with Crippen LogP contribution in [0.1, 0.15) is 38.7 Å². The molecule has 0 radical (unpaired) electrons. The van der Waals surface area contributed by atoms with Gasteiger partial charge in [0.25, 0.3) is 20.2 Å². The number of rotatable bonds is 14. The zero-order valence-corrected chi connectivity index (χ0v) is 32.2. The highest BCUT2D eigenvalue weighted by Crippen LogP contribution is 2.45. The largest absolute Gasteiger partial charge is 0.748 e. The van der Waals surface area contributed by atoms with E-state index in [0.717, 1.165) is 27.4 Å². The van der Waals surface area contributed by atoms with Crippen molar-refractivity contribution < 1.29 is 53.4 Å². The van der Waals surface area contributed by atoms with Crippen molar-refractivity contribution in [2.75, 3.05) is 12.3 Å². The van der Waals surface area contributed by atoms with Crippen molar-refractivity contribution in [3.05, 3.63) is 108 Å². The summed E-state index contributed by atoms with van der Waals surface area (Å²) in [6.45, 7) is 4.45. The molecule has 1 aromatic heterocycles. The Balaban J connectivity index is 1.35. The second kappa shape index (κ2) is 14.9. The predicted octanol–water partition coefficient (Wildman–Crippen LogP) is 5.49. The van der Waals surface area contributed by atoms with E-state index in [9.17, 15) is 48.8 Å². The first-order chi connectivity index (χ1) is 25.8. The molecule has 0 unspecified atom stereocenters. The maximum absolute atomic E-state index is 12.1. The van der Waals surface area contributed by atoms with Crippen LogP contribution < -0.4 is 5.35 Å². The van der Waals surface area contributed by atoms with Gasteiger partial charge in [-0.2, -0.15) is 21.4 Å². The van der Waals surface area contributed by atoms with E-state index < -0.39 is 47.5 Å². The fourth-order valence-electron chi connectivity index (χ4n) is 7.46. The highest BCUT2D eigenvalue weighted by atomic mass is 32.2. The number of hydrogen-bond acceptors (Lipinski definition) is 8. The number of nitrogens with zero attached hydrogens (tertiary/aromatic N) is 2. The minimum absolute atomic E-state index is 0.0527. The summed E-state index contributed by atoms with van der Waals surface area (Å²) in [5, 5.41) is 13.0. The molecule has 16 heteroatoms. The molecular weight excluding hydrogens is 769 g/mol. The highest BCUT2D eigenvalue weighted by molar-refractivity contribution is 7.86. The molecule has 0 atom stereocenters. The van der Waals surface area contributed by atoms with E-state index in [1.807, 2.05) is 53.3 Å². The number of allylic oxidation sites excluding steroid dienone is 6. The summed E-state index contributed by atoms with van der Waals surface area (Å²) in [7, 11) is -13.5. The molecule has 288 valence electrons. The maximum atomic E-state index is 12.1. The smallest absolute Gasteiger partial charge is 0.303 e. The van der Waals surface area contributed by atoms with Crippen LogP contribution in [0.25, 0.3) is 38.5 Å². The van der Waals surface area contributed by atoms with Crippen molar-refractivity contribution in [3.63, 3.8) is 0 Å².